The van der Waals surface area contributed by atoms with Crippen molar-refractivity contribution in [1.82, 2.24) is 9.88 Å². The van der Waals surface area contributed by atoms with E-state index >= 15 is 0 Å². The number of aryl methyl sites for hydroxylation is 2. The van der Waals surface area contributed by atoms with E-state index in [4.69, 9.17) is 9.47 Å². The Morgan fingerprint density at radius 3 is 2.52 bits per heavy atom. The molecule has 3 rings (SSSR count). The van der Waals surface area contributed by atoms with Crippen molar-refractivity contribution in [2.24, 2.45) is 0 Å². The van der Waals surface area contributed by atoms with Crippen LogP contribution < -0.4 is 10.1 Å². The highest BCUT2D eigenvalue weighted by Gasteiger charge is 2.27. The Morgan fingerprint density at radius 2 is 1.86 bits per heavy atom. The number of aromatic nitrogens is 1. The molecule has 7 nitrogen and oxygen atoms in total. The first-order chi connectivity index (χ1) is 13.8. The standard InChI is InChI=1S/C22H27N3O4/c1-13-6-7-17(22(27)25-11-15(3)29-16(4)12-25)9-19(13)24-21(26)18-8-14(2)23-10-20(18)28-5/h6-10,15-16H,11-12H2,1-5H3,(H,24,26)/t15-,16+. The zero-order chi connectivity index (χ0) is 21.1. The fourth-order valence-corrected chi connectivity index (χ4v) is 3.49. The number of morpholine rings is 1. The first kappa shape index (κ1) is 20.8. The second kappa shape index (κ2) is 8.61. The van der Waals surface area contributed by atoms with E-state index in [1.807, 2.05) is 33.8 Å². The number of ether oxygens (including phenoxy) is 2. The van der Waals surface area contributed by atoms with Crippen LogP contribution in [0.5, 0.6) is 5.75 Å². The molecule has 154 valence electrons. The number of carbonyl (C=O) groups excluding carboxylic acids is 2. The summed E-state index contributed by atoms with van der Waals surface area (Å²) < 4.78 is 11.0. The highest BCUT2D eigenvalue weighted by Crippen LogP contribution is 2.23. The van der Waals surface area contributed by atoms with Gasteiger partial charge in [-0.15, -0.1) is 0 Å². The van der Waals surface area contributed by atoms with Gasteiger partial charge < -0.3 is 19.7 Å². The second-order valence-electron chi connectivity index (χ2n) is 7.48. The average molecular weight is 397 g/mol. The summed E-state index contributed by atoms with van der Waals surface area (Å²) in [5.74, 6) is 0.0165. The third kappa shape index (κ3) is 4.74. The molecule has 1 aliphatic rings. The predicted octanol–water partition coefficient (Wildman–Crippen LogP) is 3.21. The van der Waals surface area contributed by atoms with Gasteiger partial charge in [0.05, 0.1) is 31.1 Å². The highest BCUT2D eigenvalue weighted by atomic mass is 16.5. The molecule has 1 aromatic heterocycles. The van der Waals surface area contributed by atoms with Crippen LogP contribution in [-0.2, 0) is 4.74 Å². The molecule has 29 heavy (non-hydrogen) atoms. The van der Waals surface area contributed by atoms with Gasteiger partial charge in [0.15, 0.2) is 0 Å². The lowest BCUT2D eigenvalue weighted by molar-refractivity contribution is -0.0586. The number of hydrogen-bond acceptors (Lipinski definition) is 5. The van der Waals surface area contributed by atoms with E-state index < -0.39 is 0 Å². The molecule has 0 spiro atoms. The lowest BCUT2D eigenvalue weighted by atomic mass is 10.1. The van der Waals surface area contributed by atoms with Gasteiger partial charge in [0, 0.05) is 30.0 Å². The lowest BCUT2D eigenvalue weighted by Gasteiger charge is -2.35. The van der Waals surface area contributed by atoms with E-state index in [1.54, 1.807) is 23.1 Å². The minimum atomic E-state index is -0.311. The number of nitrogens with zero attached hydrogens (tertiary/aromatic N) is 2. The van der Waals surface area contributed by atoms with E-state index in [0.29, 0.717) is 41.3 Å². The molecule has 1 N–H and O–H groups in total. The molecule has 2 heterocycles. The predicted molar refractivity (Wildman–Crippen MR) is 111 cm³/mol. The van der Waals surface area contributed by atoms with Crippen LogP contribution in [0.3, 0.4) is 0 Å². The minimum Gasteiger partial charge on any atom is -0.494 e. The quantitative estimate of drug-likeness (QED) is 0.857. The Bertz CT molecular complexity index is 918. The SMILES string of the molecule is COc1cnc(C)cc1C(=O)Nc1cc(C(=O)N2C[C@@H](C)O[C@@H](C)C2)ccc1C. The van der Waals surface area contributed by atoms with E-state index in [0.717, 1.165) is 5.56 Å². The van der Waals surface area contributed by atoms with Gasteiger partial charge in [-0.2, -0.15) is 0 Å². The van der Waals surface area contributed by atoms with Crippen molar-refractivity contribution < 1.29 is 19.1 Å². The van der Waals surface area contributed by atoms with E-state index in [9.17, 15) is 9.59 Å². The molecule has 1 aromatic carbocycles. The minimum absolute atomic E-state index is 0.00489. The zero-order valence-electron chi connectivity index (χ0n) is 17.5. The second-order valence-corrected chi connectivity index (χ2v) is 7.48. The first-order valence-corrected chi connectivity index (χ1v) is 9.66. The first-order valence-electron chi connectivity index (χ1n) is 9.66. The molecule has 2 atom stereocenters. The van der Waals surface area contributed by atoms with E-state index in [1.165, 1.54) is 13.3 Å². The van der Waals surface area contributed by atoms with Gasteiger partial charge in [-0.25, -0.2) is 0 Å². The van der Waals surface area contributed by atoms with Gasteiger partial charge in [0.2, 0.25) is 0 Å². The summed E-state index contributed by atoms with van der Waals surface area (Å²) in [5, 5.41) is 2.90. The number of anilines is 1. The lowest BCUT2D eigenvalue weighted by Crippen LogP contribution is -2.48. The number of nitrogens with one attached hydrogen (secondary N) is 1. The Balaban J connectivity index is 1.83. The van der Waals surface area contributed by atoms with Gasteiger partial charge in [-0.05, 0) is 51.5 Å². The molecule has 1 fully saturated rings. The summed E-state index contributed by atoms with van der Waals surface area (Å²) >= 11 is 0. The summed E-state index contributed by atoms with van der Waals surface area (Å²) in [5.41, 5.74) is 3.10. The fraction of sp³-hybridized carbons (Fsp3) is 0.409. The molecule has 1 saturated heterocycles. The van der Waals surface area contributed by atoms with E-state index in [-0.39, 0.29) is 24.0 Å². The number of methoxy groups -OCH3 is 1. The van der Waals surface area contributed by atoms with Crippen molar-refractivity contribution >= 4 is 17.5 Å². The molecule has 1 aliphatic heterocycles. The molecule has 7 heteroatoms. The molecule has 0 bridgehead atoms. The van der Waals surface area contributed by atoms with Gasteiger partial charge in [-0.3, -0.25) is 14.6 Å². The molecule has 0 unspecified atom stereocenters. The number of pyridine rings is 1. The van der Waals surface area contributed by atoms with Crippen LogP contribution in [0.2, 0.25) is 0 Å². The largest absolute Gasteiger partial charge is 0.494 e. The van der Waals surface area contributed by atoms with Gasteiger partial charge in [0.1, 0.15) is 5.75 Å². The number of benzene rings is 1. The molecule has 0 radical (unpaired) electrons. The van der Waals surface area contributed by atoms with Crippen molar-refractivity contribution in [2.75, 3.05) is 25.5 Å². The Morgan fingerprint density at radius 1 is 1.17 bits per heavy atom. The maximum atomic E-state index is 13.0. The molecule has 2 aromatic rings. The van der Waals surface area contributed by atoms with Gasteiger partial charge in [0.25, 0.3) is 11.8 Å². The van der Waals surface area contributed by atoms with Crippen molar-refractivity contribution in [2.45, 2.75) is 39.9 Å². The van der Waals surface area contributed by atoms with Crippen LogP contribution in [0.4, 0.5) is 5.69 Å². The van der Waals surface area contributed by atoms with E-state index in [2.05, 4.69) is 10.3 Å². The summed E-state index contributed by atoms with van der Waals surface area (Å²) in [6.45, 7) is 8.71. The van der Waals surface area contributed by atoms with Gasteiger partial charge in [-0.1, -0.05) is 6.07 Å². The number of hydrogen-bond donors (Lipinski definition) is 1. The number of rotatable bonds is 4. The maximum absolute atomic E-state index is 13.0. The number of amides is 2. The molecular weight excluding hydrogens is 370 g/mol. The molecular formula is C22H27N3O4. The fourth-order valence-electron chi connectivity index (χ4n) is 3.49. The molecule has 0 saturated carbocycles. The Hall–Kier alpha value is -2.93. The Labute approximate surface area is 171 Å². The van der Waals surface area contributed by atoms with Crippen LogP contribution in [0, 0.1) is 13.8 Å². The monoisotopic (exact) mass is 397 g/mol. The summed E-state index contributed by atoms with van der Waals surface area (Å²) in [6.07, 6.45) is 1.52. The molecule has 0 aliphatic carbocycles. The van der Waals surface area contributed by atoms with Crippen LogP contribution in [0.15, 0.2) is 30.5 Å². The van der Waals surface area contributed by atoms with Gasteiger partial charge >= 0.3 is 0 Å². The van der Waals surface area contributed by atoms with Crippen LogP contribution >= 0.6 is 0 Å². The average Bonchev–Trinajstić information content (AvgIpc) is 2.68. The highest BCUT2D eigenvalue weighted by molar-refractivity contribution is 6.07. The zero-order valence-corrected chi connectivity index (χ0v) is 17.5. The summed E-state index contributed by atoms with van der Waals surface area (Å²) in [6, 6.07) is 7.02. The van der Waals surface area contributed by atoms with Crippen molar-refractivity contribution in [3.8, 4) is 5.75 Å². The van der Waals surface area contributed by atoms with Crippen molar-refractivity contribution in [3.05, 3.63) is 52.8 Å². The van der Waals surface area contributed by atoms with Crippen molar-refractivity contribution in [1.29, 1.82) is 0 Å². The topological polar surface area (TPSA) is 80.8 Å². The third-order valence-electron chi connectivity index (χ3n) is 4.91. The van der Waals surface area contributed by atoms with Crippen LogP contribution in [-0.4, -0.2) is 54.1 Å². The van der Waals surface area contributed by atoms with Crippen molar-refractivity contribution in [3.63, 3.8) is 0 Å². The van der Waals surface area contributed by atoms with Crippen LogP contribution in [0.25, 0.3) is 0 Å². The Kier molecular flexibility index (Phi) is 6.17. The normalized spacial score (nSPS) is 19.0. The summed E-state index contributed by atoms with van der Waals surface area (Å²) in [7, 11) is 1.50. The summed E-state index contributed by atoms with van der Waals surface area (Å²) in [4.78, 5) is 31.8. The number of carbonyl (C=O) groups is 2. The molecule has 2 amide bonds. The van der Waals surface area contributed by atoms with Crippen LogP contribution in [0.1, 0.15) is 45.8 Å². The smallest absolute Gasteiger partial charge is 0.259 e. The third-order valence-corrected chi connectivity index (χ3v) is 4.91. The maximum Gasteiger partial charge on any atom is 0.259 e.